The number of benzene rings is 3. The molecule has 218 valence electrons. The Hall–Kier alpha value is -3.54. The quantitative estimate of drug-likeness (QED) is 0.238. The summed E-state index contributed by atoms with van der Waals surface area (Å²) in [6.07, 6.45) is 2.40. The molecule has 1 amide bonds. The number of hydrogen-bond donors (Lipinski definition) is 2. The fraction of sp³-hybridized carbons (Fsp3) is 0.281. The lowest BCUT2D eigenvalue weighted by Crippen LogP contribution is -2.38. The normalized spacial score (nSPS) is 16.8. The van der Waals surface area contributed by atoms with Crippen LogP contribution in [0.4, 0.5) is 0 Å². The van der Waals surface area contributed by atoms with Crippen molar-refractivity contribution in [3.05, 3.63) is 93.9 Å². The maximum atomic E-state index is 13.3. The van der Waals surface area contributed by atoms with E-state index in [0.29, 0.717) is 28.8 Å². The standard InChI is InChI=1S/C32H32N2O6S2/c35-21-24-2-1-3-26(18-24)27-19-23(6-9-28(27)40-17-14-33-12-15-39-16-13-33)20-29-30(36)34(32(41)42-29)11-10-22-4-7-25(8-5-22)31(37)38/h1-9,18-20,35H,10-17,21H2,(H,37,38). The van der Waals surface area contributed by atoms with Gasteiger partial charge in [0.05, 0.1) is 30.3 Å². The summed E-state index contributed by atoms with van der Waals surface area (Å²) in [6, 6.07) is 20.2. The molecule has 2 N–H and O–H groups in total. The van der Waals surface area contributed by atoms with Crippen molar-refractivity contribution in [1.29, 1.82) is 0 Å². The third kappa shape index (κ3) is 7.45. The number of aliphatic hydroxyl groups excluding tert-OH is 1. The minimum atomic E-state index is -0.972. The molecule has 2 aliphatic rings. The summed E-state index contributed by atoms with van der Waals surface area (Å²) in [4.78, 5) is 28.8. The first-order chi connectivity index (χ1) is 20.4. The second kappa shape index (κ2) is 14.1. The second-order valence-corrected chi connectivity index (χ2v) is 11.7. The number of carbonyl (C=O) groups is 2. The summed E-state index contributed by atoms with van der Waals surface area (Å²) in [6.45, 7) is 4.93. The molecule has 0 saturated carbocycles. The Balaban J connectivity index is 1.32. The number of thiocarbonyl (C=S) groups is 1. The number of rotatable bonds is 11. The maximum Gasteiger partial charge on any atom is 0.335 e. The summed E-state index contributed by atoms with van der Waals surface area (Å²) in [5.74, 6) is -0.390. The van der Waals surface area contributed by atoms with E-state index in [1.165, 1.54) is 11.8 Å². The zero-order valence-electron chi connectivity index (χ0n) is 23.0. The molecule has 10 heteroatoms. The van der Waals surface area contributed by atoms with Gasteiger partial charge in [-0.1, -0.05) is 60.4 Å². The molecule has 0 aromatic heterocycles. The van der Waals surface area contributed by atoms with Crippen molar-refractivity contribution in [3.8, 4) is 16.9 Å². The lowest BCUT2D eigenvalue weighted by Gasteiger charge is -2.26. The summed E-state index contributed by atoms with van der Waals surface area (Å²) in [5, 5.41) is 18.8. The molecule has 2 fully saturated rings. The molecule has 0 unspecified atom stereocenters. The van der Waals surface area contributed by atoms with Crippen LogP contribution < -0.4 is 4.74 Å². The topological polar surface area (TPSA) is 99.5 Å². The minimum absolute atomic E-state index is 0.0626. The average molecular weight is 605 g/mol. The van der Waals surface area contributed by atoms with Crippen molar-refractivity contribution in [1.82, 2.24) is 9.80 Å². The van der Waals surface area contributed by atoms with Crippen molar-refractivity contribution >= 4 is 46.3 Å². The Morgan fingerprint density at radius 2 is 1.81 bits per heavy atom. The van der Waals surface area contributed by atoms with Crippen LogP contribution in [0, 0.1) is 0 Å². The van der Waals surface area contributed by atoms with E-state index in [2.05, 4.69) is 4.90 Å². The van der Waals surface area contributed by atoms with Gasteiger partial charge in [-0.25, -0.2) is 4.79 Å². The van der Waals surface area contributed by atoms with Gasteiger partial charge in [-0.05, 0) is 65.1 Å². The van der Waals surface area contributed by atoms with E-state index in [1.807, 2.05) is 48.5 Å². The van der Waals surface area contributed by atoms with Gasteiger partial charge in [0, 0.05) is 31.7 Å². The lowest BCUT2D eigenvalue weighted by molar-refractivity contribution is -0.122. The largest absolute Gasteiger partial charge is 0.492 e. The molecule has 42 heavy (non-hydrogen) atoms. The number of aromatic carboxylic acids is 1. The number of aliphatic hydroxyl groups is 1. The number of hydrogen-bond acceptors (Lipinski definition) is 8. The Kier molecular flexibility index (Phi) is 10.0. The van der Waals surface area contributed by atoms with Crippen molar-refractivity contribution in [2.75, 3.05) is 46.0 Å². The molecule has 0 aliphatic carbocycles. The zero-order chi connectivity index (χ0) is 29.5. The number of carbonyl (C=O) groups excluding carboxylic acids is 1. The van der Waals surface area contributed by atoms with Crippen molar-refractivity contribution in [2.24, 2.45) is 0 Å². The molecule has 0 radical (unpaired) electrons. The average Bonchev–Trinajstić information content (AvgIpc) is 3.28. The number of nitrogens with zero attached hydrogens (tertiary/aromatic N) is 2. The number of ether oxygens (including phenoxy) is 2. The second-order valence-electron chi connectivity index (χ2n) is 10.0. The van der Waals surface area contributed by atoms with Gasteiger partial charge in [0.2, 0.25) is 0 Å². The van der Waals surface area contributed by atoms with E-state index in [-0.39, 0.29) is 18.1 Å². The highest BCUT2D eigenvalue weighted by molar-refractivity contribution is 8.26. The van der Waals surface area contributed by atoms with Crippen LogP contribution >= 0.6 is 24.0 Å². The molecule has 8 nitrogen and oxygen atoms in total. The van der Waals surface area contributed by atoms with Gasteiger partial charge >= 0.3 is 5.97 Å². The first-order valence-electron chi connectivity index (χ1n) is 13.8. The summed E-state index contributed by atoms with van der Waals surface area (Å²) >= 11 is 6.80. The van der Waals surface area contributed by atoms with Gasteiger partial charge in [-0.2, -0.15) is 0 Å². The smallest absolute Gasteiger partial charge is 0.335 e. The van der Waals surface area contributed by atoms with E-state index >= 15 is 0 Å². The molecule has 2 saturated heterocycles. The van der Waals surface area contributed by atoms with Crippen LogP contribution in [0.5, 0.6) is 5.75 Å². The van der Waals surface area contributed by atoms with Crippen molar-refractivity contribution < 1.29 is 29.3 Å². The van der Waals surface area contributed by atoms with Crippen LogP contribution in [0.3, 0.4) is 0 Å². The van der Waals surface area contributed by atoms with Crippen molar-refractivity contribution in [2.45, 2.75) is 13.0 Å². The molecule has 0 atom stereocenters. The van der Waals surface area contributed by atoms with Crippen LogP contribution in [-0.2, 0) is 22.6 Å². The van der Waals surface area contributed by atoms with E-state index in [0.717, 1.165) is 66.4 Å². The summed E-state index contributed by atoms with van der Waals surface area (Å²) < 4.78 is 12.2. The van der Waals surface area contributed by atoms with Gasteiger partial charge in [-0.15, -0.1) is 0 Å². The molecule has 2 aliphatic heterocycles. The third-order valence-electron chi connectivity index (χ3n) is 7.19. The van der Waals surface area contributed by atoms with Crippen LogP contribution in [0.25, 0.3) is 17.2 Å². The van der Waals surface area contributed by atoms with E-state index < -0.39 is 5.97 Å². The van der Waals surface area contributed by atoms with Crippen LogP contribution in [0.15, 0.2) is 71.6 Å². The van der Waals surface area contributed by atoms with E-state index in [4.69, 9.17) is 26.8 Å². The summed E-state index contributed by atoms with van der Waals surface area (Å²) in [7, 11) is 0. The molecular weight excluding hydrogens is 572 g/mol. The van der Waals surface area contributed by atoms with Gasteiger partial charge in [0.1, 0.15) is 16.7 Å². The number of thioether (sulfide) groups is 1. The number of carboxylic acids is 1. The predicted molar refractivity (Wildman–Crippen MR) is 168 cm³/mol. The molecule has 0 spiro atoms. The maximum absolute atomic E-state index is 13.3. The Bertz CT molecular complexity index is 1480. The zero-order valence-corrected chi connectivity index (χ0v) is 24.7. The van der Waals surface area contributed by atoms with Crippen LogP contribution in [0.2, 0.25) is 0 Å². The van der Waals surface area contributed by atoms with Gasteiger partial charge in [-0.3, -0.25) is 14.6 Å². The highest BCUT2D eigenvalue weighted by Gasteiger charge is 2.31. The lowest BCUT2D eigenvalue weighted by atomic mass is 9.99. The van der Waals surface area contributed by atoms with Crippen LogP contribution in [-0.4, -0.2) is 82.2 Å². The van der Waals surface area contributed by atoms with Crippen molar-refractivity contribution in [3.63, 3.8) is 0 Å². The fourth-order valence-corrected chi connectivity index (χ4v) is 6.14. The monoisotopic (exact) mass is 604 g/mol. The third-order valence-corrected chi connectivity index (χ3v) is 8.57. The predicted octanol–water partition coefficient (Wildman–Crippen LogP) is 4.70. The van der Waals surface area contributed by atoms with Gasteiger partial charge in [0.25, 0.3) is 5.91 Å². The molecule has 3 aromatic rings. The van der Waals surface area contributed by atoms with E-state index in [1.54, 1.807) is 29.2 Å². The highest BCUT2D eigenvalue weighted by Crippen LogP contribution is 2.36. The molecular formula is C32H32N2O6S2. The Labute approximate surface area is 254 Å². The molecule has 0 bridgehead atoms. The van der Waals surface area contributed by atoms with Gasteiger partial charge < -0.3 is 19.7 Å². The number of morpholine rings is 1. The first-order valence-corrected chi connectivity index (χ1v) is 15.0. The Morgan fingerprint density at radius 1 is 1.02 bits per heavy atom. The molecule has 2 heterocycles. The number of carboxylic acid groups (broad SMARTS) is 1. The summed E-state index contributed by atoms with van der Waals surface area (Å²) in [5.41, 5.74) is 4.58. The number of amides is 1. The molecule has 3 aromatic carbocycles. The Morgan fingerprint density at radius 3 is 2.55 bits per heavy atom. The fourth-order valence-electron chi connectivity index (χ4n) is 4.83. The highest BCUT2D eigenvalue weighted by atomic mass is 32.2. The first kappa shape index (κ1) is 29.9. The molecule has 5 rings (SSSR count). The van der Waals surface area contributed by atoms with Gasteiger partial charge in [0.15, 0.2) is 0 Å². The van der Waals surface area contributed by atoms with E-state index in [9.17, 15) is 14.7 Å². The SMILES string of the molecule is O=C(O)c1ccc(CCN2C(=O)C(=Cc3ccc(OCCN4CCOCC4)c(-c4cccc(CO)c4)c3)SC2=S)cc1. The van der Waals surface area contributed by atoms with Crippen LogP contribution in [0.1, 0.15) is 27.0 Å². The minimum Gasteiger partial charge on any atom is -0.492 e.